The maximum Gasteiger partial charge on any atom is 0.176 e. The molecule has 0 saturated carbocycles. The molecular weight excluding hydrogens is 246 g/mol. The Balaban J connectivity index is 2.11. The van der Waals surface area contributed by atoms with Crippen LogP contribution in [0.2, 0.25) is 0 Å². The van der Waals surface area contributed by atoms with Crippen LogP contribution in [-0.4, -0.2) is 10.4 Å². The number of rotatable bonds is 3. The molecule has 100 valence electrons. The summed E-state index contributed by atoms with van der Waals surface area (Å²) in [4.78, 5) is 11.9. The lowest BCUT2D eigenvalue weighted by molar-refractivity contribution is 0.101. The molecule has 0 unspecified atom stereocenters. The van der Waals surface area contributed by atoms with E-state index >= 15 is 0 Å². The minimum absolute atomic E-state index is 0.105. The smallest absolute Gasteiger partial charge is 0.176 e. The first-order valence-corrected chi connectivity index (χ1v) is 6.80. The average Bonchev–Trinajstić information content (AvgIpc) is 2.81. The van der Waals surface area contributed by atoms with Gasteiger partial charge in [0.05, 0.1) is 5.69 Å². The molecule has 0 N–H and O–H groups in total. The first-order valence-electron chi connectivity index (χ1n) is 6.80. The molecule has 1 heterocycles. The van der Waals surface area contributed by atoms with Crippen LogP contribution in [-0.2, 0) is 6.54 Å². The number of Topliss-reactive ketones (excluding diaryl/α,β-unsaturated/α-hetero) is 1. The Morgan fingerprint density at radius 2 is 1.75 bits per heavy atom. The molecule has 0 saturated heterocycles. The van der Waals surface area contributed by atoms with Crippen LogP contribution in [0.25, 0.3) is 10.9 Å². The fraction of sp³-hybridized carbons (Fsp3) is 0.167. The Hall–Kier alpha value is -2.35. The van der Waals surface area contributed by atoms with E-state index in [0.29, 0.717) is 0 Å². The minimum atomic E-state index is 0.105. The maximum atomic E-state index is 11.9. The van der Waals surface area contributed by atoms with E-state index in [0.717, 1.165) is 23.1 Å². The van der Waals surface area contributed by atoms with Crippen molar-refractivity contribution in [1.29, 1.82) is 0 Å². The molecular formula is C18H17NO. The second-order valence-corrected chi connectivity index (χ2v) is 5.22. The summed E-state index contributed by atoms with van der Waals surface area (Å²) < 4.78 is 2.10. The van der Waals surface area contributed by atoms with Crippen molar-refractivity contribution in [3.8, 4) is 0 Å². The van der Waals surface area contributed by atoms with E-state index in [9.17, 15) is 4.79 Å². The van der Waals surface area contributed by atoms with Gasteiger partial charge in [0.15, 0.2) is 5.78 Å². The molecule has 0 fully saturated rings. The van der Waals surface area contributed by atoms with Crippen LogP contribution in [0.5, 0.6) is 0 Å². The van der Waals surface area contributed by atoms with Crippen LogP contribution < -0.4 is 0 Å². The van der Waals surface area contributed by atoms with Gasteiger partial charge in [0, 0.05) is 24.4 Å². The molecule has 2 heteroatoms. The predicted octanol–water partition coefficient (Wildman–Crippen LogP) is 4.20. The largest absolute Gasteiger partial charge is 0.334 e. The molecule has 3 aromatic rings. The Morgan fingerprint density at radius 1 is 1.05 bits per heavy atom. The van der Waals surface area contributed by atoms with Gasteiger partial charge in [-0.25, -0.2) is 0 Å². The number of nitrogens with zero attached hydrogens (tertiary/aromatic N) is 1. The zero-order valence-electron chi connectivity index (χ0n) is 11.8. The molecule has 0 bridgehead atoms. The number of carbonyl (C=O) groups is 1. The summed E-state index contributed by atoms with van der Waals surface area (Å²) in [6, 6.07) is 18.6. The molecule has 0 amide bonds. The van der Waals surface area contributed by atoms with Crippen LogP contribution in [0.4, 0.5) is 0 Å². The van der Waals surface area contributed by atoms with Crippen LogP contribution >= 0.6 is 0 Å². The van der Waals surface area contributed by atoms with Gasteiger partial charge in [-0.2, -0.15) is 0 Å². The maximum absolute atomic E-state index is 11.9. The van der Waals surface area contributed by atoms with Gasteiger partial charge in [-0.15, -0.1) is 0 Å². The molecule has 0 aliphatic rings. The first kappa shape index (κ1) is 12.7. The third-order valence-corrected chi connectivity index (χ3v) is 3.63. The van der Waals surface area contributed by atoms with Gasteiger partial charge in [-0.05, 0) is 24.6 Å². The van der Waals surface area contributed by atoms with Crippen LogP contribution in [0.15, 0.2) is 54.6 Å². The van der Waals surface area contributed by atoms with E-state index in [1.807, 2.05) is 24.3 Å². The lowest BCUT2D eigenvalue weighted by Crippen LogP contribution is -2.07. The third kappa shape index (κ3) is 2.25. The van der Waals surface area contributed by atoms with E-state index in [4.69, 9.17) is 0 Å². The van der Waals surface area contributed by atoms with Gasteiger partial charge in [-0.3, -0.25) is 4.79 Å². The second-order valence-electron chi connectivity index (χ2n) is 5.22. The molecule has 0 aliphatic heterocycles. The van der Waals surface area contributed by atoms with Gasteiger partial charge in [0.25, 0.3) is 0 Å². The SMILES string of the molecule is CC(=O)c1cc2ccccc2n1Cc1ccc(C)cc1. The molecule has 0 radical (unpaired) electrons. The highest BCUT2D eigenvalue weighted by Gasteiger charge is 2.12. The first-order chi connectivity index (χ1) is 9.65. The van der Waals surface area contributed by atoms with Crippen molar-refractivity contribution >= 4 is 16.7 Å². The van der Waals surface area contributed by atoms with Crippen molar-refractivity contribution in [2.75, 3.05) is 0 Å². The van der Waals surface area contributed by atoms with Crippen LogP contribution in [0, 0.1) is 6.92 Å². The predicted molar refractivity (Wildman–Crippen MR) is 82.2 cm³/mol. The number of hydrogen-bond donors (Lipinski definition) is 0. The number of para-hydroxylation sites is 1. The van der Waals surface area contributed by atoms with Gasteiger partial charge in [0.1, 0.15) is 0 Å². The standard InChI is InChI=1S/C18H17NO/c1-13-7-9-15(10-8-13)12-19-17-6-4-3-5-16(17)11-18(19)14(2)20/h3-11H,12H2,1-2H3. The van der Waals surface area contributed by atoms with Gasteiger partial charge in [-0.1, -0.05) is 48.0 Å². The van der Waals surface area contributed by atoms with Crippen molar-refractivity contribution in [2.45, 2.75) is 20.4 Å². The number of ketones is 1. The summed E-state index contributed by atoms with van der Waals surface area (Å²) in [5.74, 6) is 0.105. The van der Waals surface area contributed by atoms with Crippen molar-refractivity contribution in [2.24, 2.45) is 0 Å². The number of aromatic nitrogens is 1. The lowest BCUT2D eigenvalue weighted by Gasteiger charge is -2.09. The highest BCUT2D eigenvalue weighted by Crippen LogP contribution is 2.21. The second kappa shape index (κ2) is 4.97. The van der Waals surface area contributed by atoms with Crippen molar-refractivity contribution in [3.05, 3.63) is 71.4 Å². The molecule has 2 nitrogen and oxygen atoms in total. The van der Waals surface area contributed by atoms with Crippen LogP contribution in [0.1, 0.15) is 28.5 Å². The highest BCUT2D eigenvalue weighted by molar-refractivity contribution is 5.98. The van der Waals surface area contributed by atoms with Gasteiger partial charge < -0.3 is 4.57 Å². The fourth-order valence-corrected chi connectivity index (χ4v) is 2.55. The van der Waals surface area contributed by atoms with Crippen molar-refractivity contribution in [1.82, 2.24) is 4.57 Å². The Morgan fingerprint density at radius 3 is 2.45 bits per heavy atom. The molecule has 2 aromatic carbocycles. The molecule has 1 aromatic heterocycles. The monoisotopic (exact) mass is 263 g/mol. The summed E-state index contributed by atoms with van der Waals surface area (Å²) in [5.41, 5.74) is 4.34. The van der Waals surface area contributed by atoms with E-state index in [2.05, 4.69) is 41.8 Å². The summed E-state index contributed by atoms with van der Waals surface area (Å²) in [6.07, 6.45) is 0. The zero-order chi connectivity index (χ0) is 14.1. The number of aryl methyl sites for hydroxylation is 1. The summed E-state index contributed by atoms with van der Waals surface area (Å²) in [5, 5.41) is 1.12. The average molecular weight is 263 g/mol. The minimum Gasteiger partial charge on any atom is -0.334 e. The summed E-state index contributed by atoms with van der Waals surface area (Å²) in [6.45, 7) is 4.43. The Bertz CT molecular complexity index is 766. The van der Waals surface area contributed by atoms with Crippen LogP contribution in [0.3, 0.4) is 0 Å². The topological polar surface area (TPSA) is 22.0 Å². The molecule has 3 rings (SSSR count). The van der Waals surface area contributed by atoms with Gasteiger partial charge >= 0.3 is 0 Å². The van der Waals surface area contributed by atoms with E-state index in [-0.39, 0.29) is 5.78 Å². The third-order valence-electron chi connectivity index (χ3n) is 3.63. The number of fused-ring (bicyclic) bond motifs is 1. The summed E-state index contributed by atoms with van der Waals surface area (Å²) >= 11 is 0. The summed E-state index contributed by atoms with van der Waals surface area (Å²) in [7, 11) is 0. The quantitative estimate of drug-likeness (QED) is 0.649. The number of hydrogen-bond acceptors (Lipinski definition) is 1. The van der Waals surface area contributed by atoms with E-state index in [1.165, 1.54) is 11.1 Å². The normalized spacial score (nSPS) is 10.9. The highest BCUT2D eigenvalue weighted by atomic mass is 16.1. The molecule has 0 atom stereocenters. The van der Waals surface area contributed by atoms with E-state index in [1.54, 1.807) is 6.92 Å². The van der Waals surface area contributed by atoms with E-state index < -0.39 is 0 Å². The molecule has 0 spiro atoms. The molecule has 20 heavy (non-hydrogen) atoms. The van der Waals surface area contributed by atoms with Crippen molar-refractivity contribution < 1.29 is 4.79 Å². The van der Waals surface area contributed by atoms with Gasteiger partial charge in [0.2, 0.25) is 0 Å². The number of benzene rings is 2. The zero-order valence-corrected chi connectivity index (χ0v) is 11.8. The Labute approximate surface area is 118 Å². The van der Waals surface area contributed by atoms with Crippen molar-refractivity contribution in [3.63, 3.8) is 0 Å². The lowest BCUT2D eigenvalue weighted by atomic mass is 10.1. The Kier molecular flexibility index (Phi) is 3.15. The fourth-order valence-electron chi connectivity index (χ4n) is 2.55. The molecule has 0 aliphatic carbocycles. The number of carbonyl (C=O) groups excluding carboxylic acids is 1.